The SMILES string of the molecule is CSC1(CN)CCN(S(=O)(=O)c2cn[nH]c2C)CC1. The van der Waals surface area contributed by atoms with Crippen LogP contribution in [0.1, 0.15) is 18.5 Å². The van der Waals surface area contributed by atoms with Gasteiger partial charge in [-0.2, -0.15) is 21.2 Å². The summed E-state index contributed by atoms with van der Waals surface area (Å²) in [5, 5.41) is 6.46. The second kappa shape index (κ2) is 5.43. The quantitative estimate of drug-likeness (QED) is 0.848. The molecule has 1 aliphatic rings. The van der Waals surface area contributed by atoms with Gasteiger partial charge >= 0.3 is 0 Å². The van der Waals surface area contributed by atoms with Crippen LogP contribution in [-0.2, 0) is 10.0 Å². The van der Waals surface area contributed by atoms with Crippen LogP contribution in [0.4, 0.5) is 0 Å². The van der Waals surface area contributed by atoms with E-state index >= 15 is 0 Å². The predicted molar refractivity (Wildman–Crippen MR) is 76.6 cm³/mol. The van der Waals surface area contributed by atoms with Crippen molar-refractivity contribution in [1.29, 1.82) is 0 Å². The highest BCUT2D eigenvalue weighted by Crippen LogP contribution is 2.35. The Morgan fingerprint density at radius 1 is 1.53 bits per heavy atom. The number of aryl methyl sites for hydroxylation is 1. The first-order valence-electron chi connectivity index (χ1n) is 6.20. The lowest BCUT2D eigenvalue weighted by molar-refractivity contribution is 0.301. The van der Waals surface area contributed by atoms with Crippen LogP contribution >= 0.6 is 11.8 Å². The Labute approximate surface area is 118 Å². The molecule has 0 saturated carbocycles. The Morgan fingerprint density at radius 3 is 2.58 bits per heavy atom. The standard InChI is InChI=1S/C11H20N4O2S2/c1-9-10(7-13-14-9)19(16,17)15-5-3-11(8-12,18-2)4-6-15/h7H,3-6,8,12H2,1-2H3,(H,13,14). The average molecular weight is 304 g/mol. The fraction of sp³-hybridized carbons (Fsp3) is 0.727. The molecule has 1 fully saturated rings. The Morgan fingerprint density at radius 2 is 2.16 bits per heavy atom. The zero-order chi connectivity index (χ0) is 14.1. The third-order valence-corrected chi connectivity index (χ3v) is 7.29. The van der Waals surface area contributed by atoms with E-state index in [4.69, 9.17) is 5.73 Å². The smallest absolute Gasteiger partial charge is 0.246 e. The van der Waals surface area contributed by atoms with Gasteiger partial charge in [-0.1, -0.05) is 0 Å². The van der Waals surface area contributed by atoms with Crippen molar-refractivity contribution in [3.63, 3.8) is 0 Å². The lowest BCUT2D eigenvalue weighted by Crippen LogP contribution is -2.48. The van der Waals surface area contributed by atoms with Gasteiger partial charge in [-0.25, -0.2) is 8.42 Å². The first kappa shape index (κ1) is 14.8. The molecule has 6 nitrogen and oxygen atoms in total. The summed E-state index contributed by atoms with van der Waals surface area (Å²) in [4.78, 5) is 0.275. The molecule has 108 valence electrons. The Hall–Kier alpha value is -0.570. The third kappa shape index (κ3) is 2.67. The van der Waals surface area contributed by atoms with Gasteiger partial charge in [-0.05, 0) is 26.0 Å². The van der Waals surface area contributed by atoms with Crippen LogP contribution < -0.4 is 5.73 Å². The molecule has 1 aromatic rings. The first-order chi connectivity index (χ1) is 8.95. The normalized spacial score (nSPS) is 20.6. The molecule has 0 radical (unpaired) electrons. The minimum Gasteiger partial charge on any atom is -0.329 e. The minimum absolute atomic E-state index is 0.0253. The fourth-order valence-electron chi connectivity index (χ4n) is 2.36. The fourth-order valence-corrected chi connectivity index (χ4v) is 4.68. The molecular formula is C11H20N4O2S2. The molecule has 3 N–H and O–H groups in total. The molecule has 0 atom stereocenters. The highest BCUT2D eigenvalue weighted by Gasteiger charge is 2.37. The Bertz CT molecular complexity index is 527. The maximum Gasteiger partial charge on any atom is 0.246 e. The molecule has 1 saturated heterocycles. The summed E-state index contributed by atoms with van der Waals surface area (Å²) >= 11 is 1.74. The molecule has 2 heterocycles. The number of thioether (sulfide) groups is 1. The number of hydrogen-bond donors (Lipinski definition) is 2. The number of aromatic amines is 1. The van der Waals surface area contributed by atoms with Crippen molar-refractivity contribution in [3.8, 4) is 0 Å². The van der Waals surface area contributed by atoms with Crippen LogP contribution in [0.3, 0.4) is 0 Å². The number of sulfonamides is 1. The van der Waals surface area contributed by atoms with E-state index in [-0.39, 0.29) is 9.64 Å². The summed E-state index contributed by atoms with van der Waals surface area (Å²) in [5.74, 6) is 0. The number of rotatable bonds is 4. The van der Waals surface area contributed by atoms with Gasteiger partial charge in [0.25, 0.3) is 0 Å². The van der Waals surface area contributed by atoms with Crippen molar-refractivity contribution in [2.75, 3.05) is 25.9 Å². The van der Waals surface area contributed by atoms with E-state index in [0.717, 1.165) is 12.8 Å². The zero-order valence-corrected chi connectivity index (χ0v) is 12.9. The van der Waals surface area contributed by atoms with Crippen molar-refractivity contribution >= 4 is 21.8 Å². The van der Waals surface area contributed by atoms with Gasteiger partial charge in [0.1, 0.15) is 4.90 Å². The minimum atomic E-state index is -3.43. The van der Waals surface area contributed by atoms with E-state index < -0.39 is 10.0 Å². The third-order valence-electron chi connectivity index (χ3n) is 3.84. The molecule has 19 heavy (non-hydrogen) atoms. The molecule has 1 aliphatic heterocycles. The van der Waals surface area contributed by atoms with Crippen molar-refractivity contribution < 1.29 is 8.42 Å². The number of aromatic nitrogens is 2. The average Bonchev–Trinajstić information content (AvgIpc) is 2.86. The molecule has 0 aromatic carbocycles. The molecular weight excluding hydrogens is 284 g/mol. The molecule has 1 aromatic heterocycles. The zero-order valence-electron chi connectivity index (χ0n) is 11.2. The second-order valence-electron chi connectivity index (χ2n) is 4.85. The maximum absolute atomic E-state index is 12.5. The van der Waals surface area contributed by atoms with Crippen molar-refractivity contribution in [3.05, 3.63) is 11.9 Å². The highest BCUT2D eigenvalue weighted by atomic mass is 32.2. The van der Waals surface area contributed by atoms with E-state index in [1.54, 1.807) is 18.7 Å². The van der Waals surface area contributed by atoms with Crippen molar-refractivity contribution in [2.24, 2.45) is 5.73 Å². The van der Waals surface area contributed by atoms with Gasteiger partial charge in [-0.3, -0.25) is 5.10 Å². The van der Waals surface area contributed by atoms with Gasteiger partial charge in [0, 0.05) is 24.4 Å². The lowest BCUT2D eigenvalue weighted by Gasteiger charge is -2.39. The van der Waals surface area contributed by atoms with Crippen molar-refractivity contribution in [1.82, 2.24) is 14.5 Å². The van der Waals surface area contributed by atoms with E-state index in [1.165, 1.54) is 10.5 Å². The van der Waals surface area contributed by atoms with Crippen LogP contribution in [-0.4, -0.2) is 53.6 Å². The van der Waals surface area contributed by atoms with Crippen LogP contribution in [0, 0.1) is 6.92 Å². The first-order valence-corrected chi connectivity index (χ1v) is 8.87. The van der Waals surface area contributed by atoms with Crippen molar-refractivity contribution in [2.45, 2.75) is 29.4 Å². The molecule has 8 heteroatoms. The van der Waals surface area contributed by atoms with Gasteiger partial charge in [0.15, 0.2) is 0 Å². The molecule has 0 spiro atoms. The number of H-pyrrole nitrogens is 1. The van der Waals surface area contributed by atoms with Gasteiger partial charge in [0.2, 0.25) is 10.0 Å². The topological polar surface area (TPSA) is 92.1 Å². The summed E-state index contributed by atoms with van der Waals surface area (Å²) in [6, 6.07) is 0. The lowest BCUT2D eigenvalue weighted by atomic mass is 9.97. The van der Waals surface area contributed by atoms with Crippen LogP contribution in [0.2, 0.25) is 0 Å². The van der Waals surface area contributed by atoms with Gasteiger partial charge in [0.05, 0.1) is 11.9 Å². The monoisotopic (exact) mass is 304 g/mol. The number of nitrogens with one attached hydrogen (secondary N) is 1. The molecule has 0 aliphatic carbocycles. The Kier molecular flexibility index (Phi) is 4.24. The molecule has 0 unspecified atom stereocenters. The van der Waals surface area contributed by atoms with Crippen LogP contribution in [0.25, 0.3) is 0 Å². The number of piperidine rings is 1. The maximum atomic E-state index is 12.5. The van der Waals surface area contributed by atoms with Crippen LogP contribution in [0.5, 0.6) is 0 Å². The molecule has 0 bridgehead atoms. The predicted octanol–water partition coefficient (Wildman–Crippen LogP) is 0.563. The second-order valence-corrected chi connectivity index (χ2v) is 8.04. The summed E-state index contributed by atoms with van der Waals surface area (Å²) in [6.45, 7) is 3.35. The number of hydrogen-bond acceptors (Lipinski definition) is 5. The summed E-state index contributed by atoms with van der Waals surface area (Å²) < 4.78 is 26.5. The van der Waals surface area contributed by atoms with Crippen LogP contribution in [0.15, 0.2) is 11.1 Å². The molecule has 2 rings (SSSR count). The number of nitrogens with two attached hydrogens (primary N) is 1. The Balaban J connectivity index is 2.16. The van der Waals surface area contributed by atoms with Gasteiger partial charge in [-0.15, -0.1) is 0 Å². The summed E-state index contributed by atoms with van der Waals surface area (Å²) in [5.41, 5.74) is 6.40. The number of nitrogens with zero attached hydrogens (tertiary/aromatic N) is 2. The molecule has 0 amide bonds. The summed E-state index contributed by atoms with van der Waals surface area (Å²) in [7, 11) is -3.43. The van der Waals surface area contributed by atoms with E-state index in [1.807, 2.05) is 6.26 Å². The van der Waals surface area contributed by atoms with E-state index in [9.17, 15) is 8.42 Å². The van der Waals surface area contributed by atoms with E-state index in [0.29, 0.717) is 25.3 Å². The van der Waals surface area contributed by atoms with E-state index in [2.05, 4.69) is 10.2 Å². The summed E-state index contributed by atoms with van der Waals surface area (Å²) in [6.07, 6.45) is 5.00. The van der Waals surface area contributed by atoms with Gasteiger partial charge < -0.3 is 5.73 Å². The largest absolute Gasteiger partial charge is 0.329 e. The highest BCUT2D eigenvalue weighted by molar-refractivity contribution is 8.00.